The van der Waals surface area contributed by atoms with E-state index < -0.39 is 0 Å². The number of nitrogens with two attached hydrogens (primary N) is 1. The number of aryl methyl sites for hydroxylation is 2. The molecule has 84 valence electrons. The second kappa shape index (κ2) is 3.83. The van der Waals surface area contributed by atoms with Crippen molar-refractivity contribution < 1.29 is 5.11 Å². The average molecular weight is 210 g/mol. The molecule has 0 amide bonds. The van der Waals surface area contributed by atoms with E-state index in [1.54, 1.807) is 4.68 Å². The van der Waals surface area contributed by atoms with Gasteiger partial charge in [0.05, 0.1) is 11.8 Å². The largest absolute Gasteiger partial charge is 0.392 e. The number of aliphatic hydroxyl groups is 1. The summed E-state index contributed by atoms with van der Waals surface area (Å²) in [7, 11) is 1.85. The SMILES string of the molecule is Cc1nn(C)c(N)c1CN1CCC(O)C1. The highest BCUT2D eigenvalue weighted by Gasteiger charge is 2.22. The van der Waals surface area contributed by atoms with Crippen LogP contribution in [0.5, 0.6) is 0 Å². The lowest BCUT2D eigenvalue weighted by atomic mass is 10.2. The fourth-order valence-corrected chi connectivity index (χ4v) is 2.09. The third-order valence-corrected chi connectivity index (χ3v) is 3.02. The van der Waals surface area contributed by atoms with Gasteiger partial charge in [-0.05, 0) is 13.3 Å². The van der Waals surface area contributed by atoms with Crippen LogP contribution in [0.1, 0.15) is 17.7 Å². The number of nitrogen functional groups attached to an aromatic ring is 1. The van der Waals surface area contributed by atoms with Crippen molar-refractivity contribution in [3.63, 3.8) is 0 Å². The van der Waals surface area contributed by atoms with E-state index in [0.717, 1.165) is 43.1 Å². The van der Waals surface area contributed by atoms with E-state index in [1.807, 2.05) is 14.0 Å². The van der Waals surface area contributed by atoms with Crippen LogP contribution < -0.4 is 5.73 Å². The number of hydrogen-bond donors (Lipinski definition) is 2. The average Bonchev–Trinajstić information content (AvgIpc) is 2.67. The van der Waals surface area contributed by atoms with Gasteiger partial charge in [0.25, 0.3) is 0 Å². The lowest BCUT2D eigenvalue weighted by Gasteiger charge is -2.14. The molecule has 2 heterocycles. The molecule has 2 rings (SSSR count). The molecular formula is C10H18N4O. The number of aromatic nitrogens is 2. The van der Waals surface area contributed by atoms with Crippen LogP contribution in [0, 0.1) is 6.92 Å². The van der Waals surface area contributed by atoms with Crippen molar-refractivity contribution in [2.45, 2.75) is 26.0 Å². The molecule has 3 N–H and O–H groups in total. The van der Waals surface area contributed by atoms with Crippen LogP contribution in [0.3, 0.4) is 0 Å². The third-order valence-electron chi connectivity index (χ3n) is 3.02. The minimum atomic E-state index is -0.178. The molecule has 0 bridgehead atoms. The van der Waals surface area contributed by atoms with Gasteiger partial charge >= 0.3 is 0 Å². The van der Waals surface area contributed by atoms with Gasteiger partial charge in [0.15, 0.2) is 0 Å². The molecule has 1 aliphatic heterocycles. The van der Waals surface area contributed by atoms with Crippen molar-refractivity contribution in [3.05, 3.63) is 11.3 Å². The number of rotatable bonds is 2. The topological polar surface area (TPSA) is 67.3 Å². The zero-order valence-corrected chi connectivity index (χ0v) is 9.27. The highest BCUT2D eigenvalue weighted by atomic mass is 16.3. The van der Waals surface area contributed by atoms with E-state index in [0.29, 0.717) is 0 Å². The molecule has 1 aromatic heterocycles. The molecule has 0 saturated carbocycles. The Kier molecular flexibility index (Phi) is 2.67. The van der Waals surface area contributed by atoms with E-state index >= 15 is 0 Å². The summed E-state index contributed by atoms with van der Waals surface area (Å²) < 4.78 is 1.71. The van der Waals surface area contributed by atoms with Crippen molar-refractivity contribution in [3.8, 4) is 0 Å². The van der Waals surface area contributed by atoms with Gasteiger partial charge in [0.1, 0.15) is 5.82 Å². The van der Waals surface area contributed by atoms with Gasteiger partial charge in [0, 0.05) is 32.2 Å². The van der Waals surface area contributed by atoms with Gasteiger partial charge in [0.2, 0.25) is 0 Å². The highest BCUT2D eigenvalue weighted by molar-refractivity contribution is 5.42. The van der Waals surface area contributed by atoms with Crippen molar-refractivity contribution in [1.82, 2.24) is 14.7 Å². The molecule has 0 aliphatic carbocycles. The number of hydrogen-bond acceptors (Lipinski definition) is 4. The van der Waals surface area contributed by atoms with Crippen LogP contribution in [0.15, 0.2) is 0 Å². The van der Waals surface area contributed by atoms with Gasteiger partial charge in [-0.2, -0.15) is 5.10 Å². The molecule has 1 unspecified atom stereocenters. The van der Waals surface area contributed by atoms with Crippen molar-refractivity contribution in [2.24, 2.45) is 7.05 Å². The summed E-state index contributed by atoms with van der Waals surface area (Å²) in [4.78, 5) is 2.21. The summed E-state index contributed by atoms with van der Waals surface area (Å²) in [5.41, 5.74) is 8.00. The molecule has 0 aromatic carbocycles. The third kappa shape index (κ3) is 1.98. The van der Waals surface area contributed by atoms with Crippen LogP contribution in [0.4, 0.5) is 5.82 Å². The van der Waals surface area contributed by atoms with Crippen LogP contribution in [0.2, 0.25) is 0 Å². The molecule has 0 spiro atoms. The van der Waals surface area contributed by atoms with E-state index in [1.165, 1.54) is 0 Å². The number of β-amino-alcohol motifs (C(OH)–C–C–N with tert-alkyl or cyclic N) is 1. The van der Waals surface area contributed by atoms with E-state index in [4.69, 9.17) is 5.73 Å². The van der Waals surface area contributed by atoms with Gasteiger partial charge in [-0.15, -0.1) is 0 Å². The quantitative estimate of drug-likeness (QED) is 0.714. The molecule has 1 fully saturated rings. The van der Waals surface area contributed by atoms with Crippen LogP contribution >= 0.6 is 0 Å². The van der Waals surface area contributed by atoms with Crippen molar-refractivity contribution in [1.29, 1.82) is 0 Å². The smallest absolute Gasteiger partial charge is 0.126 e. The van der Waals surface area contributed by atoms with Crippen LogP contribution in [0.25, 0.3) is 0 Å². The van der Waals surface area contributed by atoms with Crippen LogP contribution in [-0.4, -0.2) is 39.0 Å². The lowest BCUT2D eigenvalue weighted by Crippen LogP contribution is -2.22. The first-order valence-corrected chi connectivity index (χ1v) is 5.26. The minimum Gasteiger partial charge on any atom is -0.392 e. The van der Waals surface area contributed by atoms with Crippen molar-refractivity contribution >= 4 is 5.82 Å². The zero-order chi connectivity index (χ0) is 11.0. The molecular weight excluding hydrogens is 192 g/mol. The Morgan fingerprint density at radius 3 is 2.80 bits per heavy atom. The van der Waals surface area contributed by atoms with Gasteiger partial charge < -0.3 is 10.8 Å². The molecule has 0 radical (unpaired) electrons. The second-order valence-electron chi connectivity index (χ2n) is 4.25. The van der Waals surface area contributed by atoms with Gasteiger partial charge in [-0.25, -0.2) is 0 Å². The molecule has 1 saturated heterocycles. The van der Waals surface area contributed by atoms with Gasteiger partial charge in [-0.1, -0.05) is 0 Å². The molecule has 1 aromatic rings. The Bertz CT molecular complexity index is 361. The summed E-state index contributed by atoms with van der Waals surface area (Å²) >= 11 is 0. The number of anilines is 1. The standard InChI is InChI=1S/C10H18N4O/c1-7-9(10(11)13(2)12-7)6-14-4-3-8(15)5-14/h8,15H,3-6,11H2,1-2H3. The number of nitrogens with zero attached hydrogens (tertiary/aromatic N) is 3. The normalized spacial score (nSPS) is 22.5. The maximum absolute atomic E-state index is 9.43. The Morgan fingerprint density at radius 1 is 1.60 bits per heavy atom. The molecule has 5 heteroatoms. The van der Waals surface area contributed by atoms with Crippen LogP contribution in [-0.2, 0) is 13.6 Å². The number of aliphatic hydroxyl groups excluding tert-OH is 1. The summed E-state index contributed by atoms with van der Waals surface area (Å²) in [6.07, 6.45) is 0.683. The molecule has 1 aliphatic rings. The zero-order valence-electron chi connectivity index (χ0n) is 9.27. The fourth-order valence-electron chi connectivity index (χ4n) is 2.09. The Morgan fingerprint density at radius 2 is 2.33 bits per heavy atom. The monoisotopic (exact) mass is 210 g/mol. The highest BCUT2D eigenvalue weighted by Crippen LogP contribution is 2.20. The maximum atomic E-state index is 9.43. The summed E-state index contributed by atoms with van der Waals surface area (Å²) in [5, 5.41) is 13.7. The summed E-state index contributed by atoms with van der Waals surface area (Å²) in [6, 6.07) is 0. The fraction of sp³-hybridized carbons (Fsp3) is 0.700. The Labute approximate surface area is 89.5 Å². The first-order valence-electron chi connectivity index (χ1n) is 5.26. The summed E-state index contributed by atoms with van der Waals surface area (Å²) in [6.45, 7) is 4.45. The molecule has 15 heavy (non-hydrogen) atoms. The van der Waals surface area contributed by atoms with E-state index in [2.05, 4.69) is 10.00 Å². The van der Waals surface area contributed by atoms with Gasteiger partial charge in [-0.3, -0.25) is 9.58 Å². The maximum Gasteiger partial charge on any atom is 0.126 e. The lowest BCUT2D eigenvalue weighted by molar-refractivity contribution is 0.175. The first-order chi connectivity index (χ1) is 7.08. The Balaban J connectivity index is 2.10. The predicted molar refractivity (Wildman–Crippen MR) is 58.3 cm³/mol. The molecule has 1 atom stereocenters. The summed E-state index contributed by atoms with van der Waals surface area (Å²) in [5.74, 6) is 0.730. The predicted octanol–water partition coefficient (Wildman–Crippen LogP) is -0.123. The number of likely N-dealkylation sites (tertiary alicyclic amines) is 1. The second-order valence-corrected chi connectivity index (χ2v) is 4.25. The minimum absolute atomic E-state index is 0.178. The first kappa shape index (κ1) is 10.4. The van der Waals surface area contributed by atoms with E-state index in [9.17, 15) is 5.11 Å². The Hall–Kier alpha value is -1.07. The molecule has 5 nitrogen and oxygen atoms in total. The van der Waals surface area contributed by atoms with Crippen molar-refractivity contribution in [2.75, 3.05) is 18.8 Å². The van der Waals surface area contributed by atoms with E-state index in [-0.39, 0.29) is 6.10 Å².